The van der Waals surface area contributed by atoms with E-state index in [1.54, 1.807) is 30.5 Å². The first-order valence-electron chi connectivity index (χ1n) is 9.76. The predicted octanol–water partition coefficient (Wildman–Crippen LogP) is 6.66. The summed E-state index contributed by atoms with van der Waals surface area (Å²) in [5.74, 6) is -0.157. The minimum atomic E-state index is -0.925. The molecule has 0 saturated heterocycles. The van der Waals surface area contributed by atoms with Gasteiger partial charge in [0.2, 0.25) is 0 Å². The molecule has 1 aromatic heterocycles. The third-order valence-corrected chi connectivity index (χ3v) is 6.22. The summed E-state index contributed by atoms with van der Waals surface area (Å²) < 4.78 is 5.80. The van der Waals surface area contributed by atoms with Gasteiger partial charge in [0.1, 0.15) is 5.76 Å². The summed E-state index contributed by atoms with van der Waals surface area (Å²) in [5.41, 5.74) is 6.50. The molecule has 0 atom stereocenters. The van der Waals surface area contributed by atoms with Crippen LogP contribution in [0.25, 0.3) is 22.5 Å². The Kier molecular flexibility index (Phi) is 4.22. The van der Waals surface area contributed by atoms with E-state index in [9.17, 15) is 4.79 Å². The van der Waals surface area contributed by atoms with Gasteiger partial charge in [0.15, 0.2) is 0 Å². The van der Waals surface area contributed by atoms with E-state index < -0.39 is 5.97 Å². The van der Waals surface area contributed by atoms with Gasteiger partial charge in [-0.1, -0.05) is 58.0 Å². The molecule has 1 heterocycles. The molecule has 144 valence electrons. The highest BCUT2D eigenvalue weighted by atomic mass is 16.4. The fourth-order valence-electron chi connectivity index (χ4n) is 4.28. The van der Waals surface area contributed by atoms with Crippen molar-refractivity contribution in [3.8, 4) is 22.5 Å². The van der Waals surface area contributed by atoms with Gasteiger partial charge in [0, 0.05) is 11.1 Å². The van der Waals surface area contributed by atoms with Gasteiger partial charge in [0.05, 0.1) is 11.8 Å². The van der Waals surface area contributed by atoms with E-state index in [1.807, 2.05) is 6.07 Å². The van der Waals surface area contributed by atoms with Crippen LogP contribution in [0.15, 0.2) is 59.2 Å². The maximum absolute atomic E-state index is 11.1. The van der Waals surface area contributed by atoms with Gasteiger partial charge in [-0.25, -0.2) is 4.79 Å². The van der Waals surface area contributed by atoms with Crippen LogP contribution >= 0.6 is 0 Å². The molecule has 3 nitrogen and oxygen atoms in total. The van der Waals surface area contributed by atoms with E-state index in [-0.39, 0.29) is 16.4 Å². The summed E-state index contributed by atoms with van der Waals surface area (Å²) in [6.07, 6.45) is 4.06. The third kappa shape index (κ3) is 3.05. The number of carboxylic acid groups (broad SMARTS) is 1. The standard InChI is InChI=1S/C25H26O3/c1-24(2)12-13-25(3,4)21-15-18(9-10-20(21)24)19-11-14-28-22(19)16-5-7-17(8-6-16)23(26)27/h5-11,14-15H,12-13H2,1-4H3,(H,26,27). The zero-order valence-corrected chi connectivity index (χ0v) is 16.9. The van der Waals surface area contributed by atoms with Gasteiger partial charge in [-0.3, -0.25) is 0 Å². The molecule has 0 aliphatic heterocycles. The Morgan fingerprint density at radius 3 is 2.11 bits per heavy atom. The Hall–Kier alpha value is -2.81. The molecule has 1 aliphatic carbocycles. The first kappa shape index (κ1) is 18.5. The van der Waals surface area contributed by atoms with Gasteiger partial charge in [-0.05, 0) is 58.6 Å². The van der Waals surface area contributed by atoms with Crippen molar-refractivity contribution in [1.29, 1.82) is 0 Å². The van der Waals surface area contributed by atoms with Crippen molar-refractivity contribution in [1.82, 2.24) is 0 Å². The molecule has 1 N–H and O–H groups in total. The van der Waals surface area contributed by atoms with Crippen molar-refractivity contribution >= 4 is 5.97 Å². The lowest BCUT2D eigenvalue weighted by atomic mass is 9.63. The van der Waals surface area contributed by atoms with Crippen molar-refractivity contribution in [2.45, 2.75) is 51.4 Å². The van der Waals surface area contributed by atoms with Crippen LogP contribution in [0, 0.1) is 0 Å². The van der Waals surface area contributed by atoms with Gasteiger partial charge in [-0.2, -0.15) is 0 Å². The lowest BCUT2D eigenvalue weighted by molar-refractivity contribution is 0.0697. The van der Waals surface area contributed by atoms with Crippen LogP contribution in [0.3, 0.4) is 0 Å². The zero-order chi connectivity index (χ0) is 20.1. The minimum Gasteiger partial charge on any atom is -0.478 e. The topological polar surface area (TPSA) is 50.4 Å². The molecule has 0 spiro atoms. The monoisotopic (exact) mass is 374 g/mol. The Balaban J connectivity index is 1.80. The summed E-state index contributed by atoms with van der Waals surface area (Å²) in [5, 5.41) is 9.12. The number of benzene rings is 2. The average Bonchev–Trinajstić information content (AvgIpc) is 3.15. The summed E-state index contributed by atoms with van der Waals surface area (Å²) in [6, 6.07) is 15.6. The Bertz CT molecular complexity index is 1040. The smallest absolute Gasteiger partial charge is 0.335 e. The maximum Gasteiger partial charge on any atom is 0.335 e. The van der Waals surface area contributed by atoms with Crippen molar-refractivity contribution < 1.29 is 14.3 Å². The van der Waals surface area contributed by atoms with Gasteiger partial charge >= 0.3 is 5.97 Å². The fraction of sp³-hybridized carbons (Fsp3) is 0.320. The highest BCUT2D eigenvalue weighted by Crippen LogP contribution is 2.47. The van der Waals surface area contributed by atoms with Crippen LogP contribution in [-0.4, -0.2) is 11.1 Å². The number of hydrogen-bond acceptors (Lipinski definition) is 2. The molecular formula is C25H26O3. The predicted molar refractivity (Wildman–Crippen MR) is 112 cm³/mol. The van der Waals surface area contributed by atoms with Crippen molar-refractivity contribution in [3.63, 3.8) is 0 Å². The second-order valence-electron chi connectivity index (χ2n) is 9.07. The number of carbonyl (C=O) groups is 1. The molecule has 2 aromatic carbocycles. The lowest BCUT2D eigenvalue weighted by Gasteiger charge is -2.42. The lowest BCUT2D eigenvalue weighted by Crippen LogP contribution is -2.33. The van der Waals surface area contributed by atoms with Crippen LogP contribution in [0.5, 0.6) is 0 Å². The van der Waals surface area contributed by atoms with Crippen LogP contribution in [0.2, 0.25) is 0 Å². The van der Waals surface area contributed by atoms with Crippen LogP contribution in [0.1, 0.15) is 62.0 Å². The largest absolute Gasteiger partial charge is 0.478 e. The molecule has 3 aromatic rings. The molecule has 0 bridgehead atoms. The molecule has 0 saturated carbocycles. The molecule has 0 fully saturated rings. The fourth-order valence-corrected chi connectivity index (χ4v) is 4.28. The van der Waals surface area contributed by atoms with Crippen molar-refractivity contribution in [3.05, 3.63) is 71.5 Å². The SMILES string of the molecule is CC1(C)CCC(C)(C)c2cc(-c3ccoc3-c3ccc(C(=O)O)cc3)ccc21. The maximum atomic E-state index is 11.1. The van der Waals surface area contributed by atoms with E-state index in [4.69, 9.17) is 9.52 Å². The molecule has 0 amide bonds. The number of furan rings is 1. The quantitative estimate of drug-likeness (QED) is 0.557. The van der Waals surface area contributed by atoms with Gasteiger partial charge < -0.3 is 9.52 Å². The summed E-state index contributed by atoms with van der Waals surface area (Å²) in [4.78, 5) is 11.1. The second kappa shape index (κ2) is 6.37. The van der Waals surface area contributed by atoms with E-state index in [0.29, 0.717) is 0 Å². The molecular weight excluding hydrogens is 348 g/mol. The number of carboxylic acids is 1. The third-order valence-electron chi connectivity index (χ3n) is 6.22. The minimum absolute atomic E-state index is 0.147. The van der Waals surface area contributed by atoms with E-state index >= 15 is 0 Å². The van der Waals surface area contributed by atoms with E-state index in [2.05, 4.69) is 45.9 Å². The Labute approximate surface area is 166 Å². The number of fused-ring (bicyclic) bond motifs is 1. The molecule has 4 rings (SSSR count). The van der Waals surface area contributed by atoms with Crippen molar-refractivity contribution in [2.24, 2.45) is 0 Å². The highest BCUT2D eigenvalue weighted by Gasteiger charge is 2.37. The van der Waals surface area contributed by atoms with Crippen LogP contribution in [-0.2, 0) is 10.8 Å². The van der Waals surface area contributed by atoms with Crippen LogP contribution < -0.4 is 0 Å². The summed E-state index contributed by atoms with van der Waals surface area (Å²) >= 11 is 0. The number of aromatic carboxylic acids is 1. The first-order chi connectivity index (χ1) is 13.2. The molecule has 0 radical (unpaired) electrons. The Morgan fingerprint density at radius 1 is 0.857 bits per heavy atom. The van der Waals surface area contributed by atoms with Crippen LogP contribution in [0.4, 0.5) is 0 Å². The summed E-state index contributed by atoms with van der Waals surface area (Å²) in [6.45, 7) is 9.31. The molecule has 1 aliphatic rings. The molecule has 0 unspecified atom stereocenters. The Morgan fingerprint density at radius 2 is 1.46 bits per heavy atom. The van der Waals surface area contributed by atoms with Gasteiger partial charge in [-0.15, -0.1) is 0 Å². The zero-order valence-electron chi connectivity index (χ0n) is 16.9. The number of rotatable bonds is 3. The molecule has 28 heavy (non-hydrogen) atoms. The van der Waals surface area contributed by atoms with Gasteiger partial charge in [0.25, 0.3) is 0 Å². The highest BCUT2D eigenvalue weighted by molar-refractivity contribution is 5.89. The molecule has 3 heteroatoms. The summed E-state index contributed by atoms with van der Waals surface area (Å²) in [7, 11) is 0. The average molecular weight is 374 g/mol. The normalized spacial score (nSPS) is 17.1. The van der Waals surface area contributed by atoms with Crippen molar-refractivity contribution in [2.75, 3.05) is 0 Å². The second-order valence-corrected chi connectivity index (χ2v) is 9.07. The van der Waals surface area contributed by atoms with E-state index in [0.717, 1.165) is 22.5 Å². The van der Waals surface area contributed by atoms with E-state index in [1.165, 1.54) is 24.0 Å². The number of hydrogen-bond donors (Lipinski definition) is 1. The first-order valence-corrected chi connectivity index (χ1v) is 9.76.